The van der Waals surface area contributed by atoms with Crippen molar-refractivity contribution in [3.8, 4) is 5.75 Å². The van der Waals surface area contributed by atoms with E-state index in [4.69, 9.17) is 27.9 Å². The van der Waals surface area contributed by atoms with Gasteiger partial charge in [-0.2, -0.15) is 5.10 Å². The number of benzene rings is 1. The Morgan fingerprint density at radius 2 is 2.05 bits per heavy atom. The Balaban J connectivity index is 2.17. The van der Waals surface area contributed by atoms with Gasteiger partial charge in [-0.3, -0.25) is 4.79 Å². The average Bonchev–Trinajstić information content (AvgIpc) is 2.91. The van der Waals surface area contributed by atoms with Gasteiger partial charge in [-0.15, -0.1) is 11.3 Å². The molecule has 1 aromatic heterocycles. The van der Waals surface area contributed by atoms with Gasteiger partial charge >= 0.3 is 0 Å². The molecule has 4 nitrogen and oxygen atoms in total. The zero-order chi connectivity index (χ0) is 15.4. The summed E-state index contributed by atoms with van der Waals surface area (Å²) in [5.74, 6) is 0.0419. The minimum Gasteiger partial charge on any atom is -0.496 e. The first-order valence-electron chi connectivity index (χ1n) is 5.95. The number of nitrogens with zero attached hydrogens (tertiary/aromatic N) is 1. The van der Waals surface area contributed by atoms with E-state index in [1.165, 1.54) is 24.5 Å². The minimum absolute atomic E-state index is 0.325. The molecule has 0 bridgehead atoms. The Bertz CT molecular complexity index is 698. The van der Waals surface area contributed by atoms with E-state index in [-0.39, 0.29) is 0 Å². The molecule has 0 aliphatic carbocycles. The van der Waals surface area contributed by atoms with E-state index in [1.54, 1.807) is 25.1 Å². The van der Waals surface area contributed by atoms with Crippen molar-refractivity contribution in [2.45, 2.75) is 6.92 Å². The van der Waals surface area contributed by atoms with Crippen molar-refractivity contribution in [1.29, 1.82) is 0 Å². The number of carbonyl (C=O) groups excluding carboxylic acids is 1. The molecule has 1 amide bonds. The lowest BCUT2D eigenvalue weighted by Gasteiger charge is -2.07. The summed E-state index contributed by atoms with van der Waals surface area (Å²) in [4.78, 5) is 13.0. The van der Waals surface area contributed by atoms with Crippen LogP contribution in [0.5, 0.6) is 5.75 Å². The molecule has 0 saturated carbocycles. The molecule has 1 N–H and O–H groups in total. The summed E-state index contributed by atoms with van der Waals surface area (Å²) in [5, 5.41) is 4.51. The Kier molecular flexibility index (Phi) is 5.22. The summed E-state index contributed by atoms with van der Waals surface area (Å²) < 4.78 is 5.80. The highest BCUT2D eigenvalue weighted by Gasteiger charge is 2.12. The number of ether oxygens (including phenoxy) is 1. The molecule has 2 aromatic rings. The lowest BCUT2D eigenvalue weighted by atomic mass is 10.2. The van der Waals surface area contributed by atoms with Crippen LogP contribution in [0.1, 0.15) is 22.2 Å². The maximum absolute atomic E-state index is 12.1. The predicted octanol–water partition coefficient (Wildman–Crippen LogP) is 4.22. The maximum Gasteiger partial charge on any atom is 0.275 e. The second kappa shape index (κ2) is 6.93. The molecule has 2 rings (SSSR count). The zero-order valence-electron chi connectivity index (χ0n) is 11.3. The molecule has 0 unspecified atom stereocenters. The van der Waals surface area contributed by atoms with Gasteiger partial charge in [0.05, 0.1) is 27.6 Å². The topological polar surface area (TPSA) is 50.7 Å². The number of halogens is 2. The maximum atomic E-state index is 12.1. The van der Waals surface area contributed by atoms with Gasteiger partial charge in [-0.25, -0.2) is 5.43 Å². The summed E-state index contributed by atoms with van der Waals surface area (Å²) in [7, 11) is 1.49. The molecule has 110 valence electrons. The van der Waals surface area contributed by atoms with E-state index < -0.39 is 5.91 Å². The fourth-order valence-electron chi connectivity index (χ4n) is 1.62. The third-order valence-corrected chi connectivity index (χ3v) is 4.24. The van der Waals surface area contributed by atoms with Crippen LogP contribution in [0.4, 0.5) is 0 Å². The molecular formula is C14H12Cl2N2O2S. The fraction of sp³-hybridized carbons (Fsp3) is 0.143. The van der Waals surface area contributed by atoms with Gasteiger partial charge in [-0.1, -0.05) is 23.2 Å². The first-order chi connectivity index (χ1) is 10.0. The number of amides is 1. The molecule has 0 aliphatic rings. The van der Waals surface area contributed by atoms with E-state index in [0.717, 1.165) is 4.88 Å². The van der Waals surface area contributed by atoms with Crippen LogP contribution in [0, 0.1) is 0 Å². The van der Waals surface area contributed by atoms with Crippen molar-refractivity contribution >= 4 is 46.2 Å². The Morgan fingerprint density at radius 1 is 1.29 bits per heavy atom. The highest BCUT2D eigenvalue weighted by molar-refractivity contribution is 7.18. The number of hydrogen-bond donors (Lipinski definition) is 1. The number of rotatable bonds is 4. The van der Waals surface area contributed by atoms with Crippen LogP contribution >= 0.6 is 34.5 Å². The normalized spacial score (nSPS) is 11.3. The molecule has 0 spiro atoms. The fourth-order valence-corrected chi connectivity index (χ4v) is 2.78. The highest BCUT2D eigenvalue weighted by Crippen LogP contribution is 2.23. The number of hydrogen-bond acceptors (Lipinski definition) is 4. The SMILES string of the molecule is COc1ccc(Cl)cc1C(=O)NN=C(C)c1ccc(Cl)s1. The number of thiophene rings is 1. The summed E-state index contributed by atoms with van der Waals surface area (Å²) in [6, 6.07) is 8.44. The molecule has 0 radical (unpaired) electrons. The van der Waals surface area contributed by atoms with Crippen molar-refractivity contribution in [2.24, 2.45) is 5.10 Å². The van der Waals surface area contributed by atoms with Crippen molar-refractivity contribution < 1.29 is 9.53 Å². The van der Waals surface area contributed by atoms with Crippen LogP contribution < -0.4 is 10.2 Å². The first kappa shape index (κ1) is 15.8. The van der Waals surface area contributed by atoms with Crippen molar-refractivity contribution in [3.63, 3.8) is 0 Å². The van der Waals surface area contributed by atoms with Gasteiger partial charge in [-0.05, 0) is 37.3 Å². The molecule has 0 saturated heterocycles. The van der Waals surface area contributed by atoms with Crippen molar-refractivity contribution in [1.82, 2.24) is 5.43 Å². The third-order valence-electron chi connectivity index (χ3n) is 2.66. The molecule has 1 heterocycles. The van der Waals surface area contributed by atoms with Gasteiger partial charge in [0.1, 0.15) is 5.75 Å². The van der Waals surface area contributed by atoms with Crippen LogP contribution in [-0.2, 0) is 0 Å². The summed E-state index contributed by atoms with van der Waals surface area (Å²) in [5.41, 5.74) is 3.47. The standard InChI is InChI=1S/C14H12Cl2N2O2S/c1-8(12-5-6-13(16)21-12)17-18-14(19)10-7-9(15)3-4-11(10)20-2/h3-7H,1-2H3,(H,18,19). The molecule has 0 aliphatic heterocycles. The Morgan fingerprint density at radius 3 is 2.67 bits per heavy atom. The average molecular weight is 343 g/mol. The van der Waals surface area contributed by atoms with Crippen LogP contribution in [-0.4, -0.2) is 18.7 Å². The van der Waals surface area contributed by atoms with Gasteiger partial charge in [0.25, 0.3) is 5.91 Å². The number of nitrogens with one attached hydrogen (secondary N) is 1. The molecule has 7 heteroatoms. The van der Waals surface area contributed by atoms with E-state index in [0.29, 0.717) is 26.4 Å². The largest absolute Gasteiger partial charge is 0.496 e. The van der Waals surface area contributed by atoms with E-state index in [1.807, 2.05) is 6.07 Å². The number of methoxy groups -OCH3 is 1. The lowest BCUT2D eigenvalue weighted by Crippen LogP contribution is -2.19. The van der Waals surface area contributed by atoms with Gasteiger partial charge in [0, 0.05) is 5.02 Å². The molecule has 1 aromatic carbocycles. The van der Waals surface area contributed by atoms with E-state index in [9.17, 15) is 4.79 Å². The smallest absolute Gasteiger partial charge is 0.275 e. The van der Waals surface area contributed by atoms with Crippen LogP contribution in [0.2, 0.25) is 9.36 Å². The lowest BCUT2D eigenvalue weighted by molar-refractivity contribution is 0.0952. The zero-order valence-corrected chi connectivity index (χ0v) is 13.6. The minimum atomic E-state index is -0.392. The van der Waals surface area contributed by atoms with Crippen LogP contribution in [0.15, 0.2) is 35.4 Å². The summed E-state index contributed by atoms with van der Waals surface area (Å²) >= 11 is 13.2. The van der Waals surface area contributed by atoms with Gasteiger partial charge < -0.3 is 4.74 Å². The third kappa shape index (κ3) is 3.97. The second-order valence-corrected chi connectivity index (χ2v) is 6.24. The quantitative estimate of drug-likeness (QED) is 0.668. The van der Waals surface area contributed by atoms with Crippen LogP contribution in [0.25, 0.3) is 0 Å². The Labute approximate surface area is 136 Å². The summed E-state index contributed by atoms with van der Waals surface area (Å²) in [6.07, 6.45) is 0. The summed E-state index contributed by atoms with van der Waals surface area (Å²) in [6.45, 7) is 1.79. The molecular weight excluding hydrogens is 331 g/mol. The molecule has 21 heavy (non-hydrogen) atoms. The second-order valence-electron chi connectivity index (χ2n) is 4.09. The van der Waals surface area contributed by atoms with Crippen molar-refractivity contribution in [2.75, 3.05) is 7.11 Å². The van der Waals surface area contributed by atoms with Gasteiger partial charge in [0.15, 0.2) is 0 Å². The first-order valence-corrected chi connectivity index (χ1v) is 7.52. The van der Waals surface area contributed by atoms with Gasteiger partial charge in [0.2, 0.25) is 0 Å². The van der Waals surface area contributed by atoms with E-state index in [2.05, 4.69) is 10.5 Å². The number of carbonyl (C=O) groups is 1. The van der Waals surface area contributed by atoms with Crippen molar-refractivity contribution in [3.05, 3.63) is 50.1 Å². The monoisotopic (exact) mass is 342 g/mol. The molecule has 0 atom stereocenters. The predicted molar refractivity (Wildman–Crippen MR) is 87.0 cm³/mol. The molecule has 0 fully saturated rings. The van der Waals surface area contributed by atoms with Crippen LogP contribution in [0.3, 0.4) is 0 Å². The highest BCUT2D eigenvalue weighted by atomic mass is 35.5. The Hall–Kier alpha value is -1.56. The number of hydrazone groups is 1. The van der Waals surface area contributed by atoms with E-state index >= 15 is 0 Å².